The molecule has 0 bridgehead atoms. The monoisotopic (exact) mass is 460 g/mol. The Balaban J connectivity index is 1.80. The first-order valence-corrected chi connectivity index (χ1v) is 11.5. The quantitative estimate of drug-likeness (QED) is 0.549. The van der Waals surface area contributed by atoms with Crippen LogP contribution in [0.3, 0.4) is 0 Å². The van der Waals surface area contributed by atoms with Gasteiger partial charge in [-0.2, -0.15) is 0 Å². The van der Waals surface area contributed by atoms with Crippen LogP contribution >= 0.6 is 0 Å². The number of carbonyl (C=O) groups excluding carboxylic acids is 1. The fourth-order valence-corrected chi connectivity index (χ4v) is 5.81. The van der Waals surface area contributed by atoms with Gasteiger partial charge in [-0.15, -0.1) is 0 Å². The van der Waals surface area contributed by atoms with Crippen LogP contribution < -0.4 is 14.2 Å². The maximum atomic E-state index is 13.3. The summed E-state index contributed by atoms with van der Waals surface area (Å²) in [5.41, 5.74) is 1.45. The molecule has 0 unspecified atom stereocenters. The van der Waals surface area contributed by atoms with Crippen LogP contribution in [0.1, 0.15) is 35.4 Å². The number of aliphatic hydroxyl groups is 1. The number of hydrogen-bond acceptors (Lipinski definition) is 6. The summed E-state index contributed by atoms with van der Waals surface area (Å²) in [7, 11) is 3.22. The zero-order valence-corrected chi connectivity index (χ0v) is 19.4. The fourth-order valence-electron chi connectivity index (χ4n) is 5.81. The van der Waals surface area contributed by atoms with Gasteiger partial charge in [0.2, 0.25) is 0 Å². The van der Waals surface area contributed by atoms with Crippen LogP contribution in [0.2, 0.25) is 0 Å². The molecule has 3 aromatic rings. The number of fused-ring (bicyclic) bond motifs is 3. The molecule has 1 saturated carbocycles. The topological polar surface area (TPSA) is 74.2 Å². The molecule has 0 radical (unpaired) electrons. The largest absolute Gasteiger partial charge is 0.497 e. The molecule has 0 aromatic heterocycles. The van der Waals surface area contributed by atoms with E-state index in [1.165, 1.54) is 0 Å². The average molecular weight is 461 g/mol. The highest BCUT2D eigenvalue weighted by Crippen LogP contribution is 2.68. The predicted molar refractivity (Wildman–Crippen MR) is 126 cm³/mol. The van der Waals surface area contributed by atoms with Crippen LogP contribution in [0.15, 0.2) is 72.8 Å². The van der Waals surface area contributed by atoms with E-state index in [0.29, 0.717) is 17.2 Å². The van der Waals surface area contributed by atoms with Crippen molar-refractivity contribution in [2.75, 3.05) is 20.8 Å². The Morgan fingerprint density at radius 3 is 2.32 bits per heavy atom. The van der Waals surface area contributed by atoms with E-state index in [-0.39, 0.29) is 6.61 Å². The first-order valence-electron chi connectivity index (χ1n) is 11.5. The number of ether oxygens (including phenoxy) is 4. The van der Waals surface area contributed by atoms with E-state index in [9.17, 15) is 9.90 Å². The predicted octanol–water partition coefficient (Wildman–Crippen LogP) is 4.41. The van der Waals surface area contributed by atoms with Gasteiger partial charge in [0, 0.05) is 11.5 Å². The third kappa shape index (κ3) is 3.16. The standard InChI is InChI=1S/C28H28O6/c1-4-33-27(30)23-24(17-9-6-5-7-10-17)28(18-13-15-19(31-2)16-14-18)25(26(23)29)22-20(32-3)11-8-12-21(22)34-28/h5-16,23-26,29H,4H2,1-3H3/t23-,24-,25-,26-,28+/m1/s1. The van der Waals surface area contributed by atoms with Gasteiger partial charge in [-0.1, -0.05) is 48.5 Å². The molecule has 0 saturated heterocycles. The van der Waals surface area contributed by atoms with Gasteiger partial charge in [-0.3, -0.25) is 4.79 Å². The molecule has 5 rings (SSSR count). The Kier molecular flexibility index (Phi) is 5.70. The SMILES string of the molecule is CCOC(=O)[C@H]1[C@@H](O)[C@H]2c3c(OC)cccc3O[C@@]2(c2ccc(OC)cc2)[C@@H]1c1ccccc1. The van der Waals surface area contributed by atoms with Crippen molar-refractivity contribution in [2.24, 2.45) is 5.92 Å². The zero-order chi connectivity index (χ0) is 23.9. The molecule has 2 aliphatic rings. The van der Waals surface area contributed by atoms with Crippen molar-refractivity contribution >= 4 is 5.97 Å². The van der Waals surface area contributed by atoms with Crippen molar-refractivity contribution in [3.8, 4) is 17.2 Å². The van der Waals surface area contributed by atoms with E-state index < -0.39 is 35.4 Å². The maximum absolute atomic E-state index is 13.3. The van der Waals surface area contributed by atoms with E-state index in [2.05, 4.69) is 0 Å². The third-order valence-electron chi connectivity index (χ3n) is 7.09. The van der Waals surface area contributed by atoms with Crippen LogP contribution in [-0.4, -0.2) is 38.0 Å². The molecular formula is C28H28O6. The highest BCUT2D eigenvalue weighted by atomic mass is 16.5. The number of rotatable bonds is 6. The smallest absolute Gasteiger partial charge is 0.312 e. The first kappa shape index (κ1) is 22.3. The molecule has 1 N–H and O–H groups in total. The summed E-state index contributed by atoms with van der Waals surface area (Å²) in [6, 6.07) is 23.0. The lowest BCUT2D eigenvalue weighted by molar-refractivity contribution is -0.152. The van der Waals surface area contributed by atoms with Crippen LogP contribution in [-0.2, 0) is 15.1 Å². The van der Waals surface area contributed by atoms with Gasteiger partial charge in [0.05, 0.1) is 38.8 Å². The van der Waals surface area contributed by atoms with E-state index in [1.807, 2.05) is 72.8 Å². The third-order valence-corrected chi connectivity index (χ3v) is 7.09. The summed E-state index contributed by atoms with van der Waals surface area (Å²) >= 11 is 0. The molecule has 176 valence electrons. The lowest BCUT2D eigenvalue weighted by Gasteiger charge is -2.37. The molecule has 34 heavy (non-hydrogen) atoms. The molecule has 0 amide bonds. The van der Waals surface area contributed by atoms with Crippen molar-refractivity contribution in [3.05, 3.63) is 89.5 Å². The summed E-state index contributed by atoms with van der Waals surface area (Å²) in [5, 5.41) is 11.8. The Labute approximate surface area is 199 Å². The highest BCUT2D eigenvalue weighted by molar-refractivity contribution is 5.77. The molecule has 1 fully saturated rings. The van der Waals surface area contributed by atoms with Crippen LogP contribution in [0.4, 0.5) is 0 Å². The minimum absolute atomic E-state index is 0.227. The lowest BCUT2D eigenvalue weighted by Crippen LogP contribution is -2.39. The molecule has 1 heterocycles. The normalized spacial score (nSPS) is 26.8. The van der Waals surface area contributed by atoms with Gasteiger partial charge in [-0.05, 0) is 42.3 Å². The van der Waals surface area contributed by atoms with Crippen LogP contribution in [0.25, 0.3) is 0 Å². The van der Waals surface area contributed by atoms with Crippen LogP contribution in [0, 0.1) is 5.92 Å². The number of esters is 1. The Morgan fingerprint density at radius 1 is 0.941 bits per heavy atom. The first-order chi connectivity index (χ1) is 16.6. The summed E-state index contributed by atoms with van der Waals surface area (Å²) in [6.45, 7) is 2.00. The number of aliphatic hydroxyl groups excluding tert-OH is 1. The Morgan fingerprint density at radius 2 is 1.68 bits per heavy atom. The van der Waals surface area contributed by atoms with Gasteiger partial charge in [0.25, 0.3) is 0 Å². The van der Waals surface area contributed by atoms with E-state index in [1.54, 1.807) is 21.1 Å². The molecule has 5 atom stereocenters. The van der Waals surface area contributed by atoms with Crippen LogP contribution in [0.5, 0.6) is 17.2 Å². The molecule has 3 aromatic carbocycles. The van der Waals surface area contributed by atoms with Crippen molar-refractivity contribution < 1.29 is 28.8 Å². The van der Waals surface area contributed by atoms with E-state index >= 15 is 0 Å². The van der Waals surface area contributed by atoms with E-state index in [0.717, 1.165) is 16.7 Å². The van der Waals surface area contributed by atoms with Gasteiger partial charge in [0.1, 0.15) is 17.2 Å². The van der Waals surface area contributed by atoms with Gasteiger partial charge >= 0.3 is 5.97 Å². The van der Waals surface area contributed by atoms with Crippen molar-refractivity contribution in [1.29, 1.82) is 0 Å². The Bertz CT molecular complexity index is 1180. The second-order valence-corrected chi connectivity index (χ2v) is 8.63. The second kappa shape index (κ2) is 8.69. The number of carbonyl (C=O) groups is 1. The van der Waals surface area contributed by atoms with Gasteiger partial charge < -0.3 is 24.1 Å². The summed E-state index contributed by atoms with van der Waals surface area (Å²) < 4.78 is 23.4. The molecule has 1 aliphatic heterocycles. The molecule has 1 aliphatic carbocycles. The molecule has 6 nitrogen and oxygen atoms in total. The number of hydrogen-bond donors (Lipinski definition) is 1. The van der Waals surface area contributed by atoms with Gasteiger partial charge in [0.15, 0.2) is 5.60 Å². The van der Waals surface area contributed by atoms with Crippen molar-refractivity contribution in [2.45, 2.75) is 30.5 Å². The van der Waals surface area contributed by atoms with Crippen molar-refractivity contribution in [1.82, 2.24) is 0 Å². The molecular weight excluding hydrogens is 432 g/mol. The summed E-state index contributed by atoms with van der Waals surface area (Å²) in [4.78, 5) is 13.3. The molecule has 0 spiro atoms. The van der Waals surface area contributed by atoms with Crippen molar-refractivity contribution in [3.63, 3.8) is 0 Å². The minimum atomic E-state index is -1.05. The zero-order valence-electron chi connectivity index (χ0n) is 19.4. The maximum Gasteiger partial charge on any atom is 0.312 e. The highest BCUT2D eigenvalue weighted by Gasteiger charge is 2.69. The number of methoxy groups -OCH3 is 2. The fraction of sp³-hybridized carbons (Fsp3) is 0.321. The lowest BCUT2D eigenvalue weighted by atomic mass is 9.73. The Hall–Kier alpha value is -3.51. The second-order valence-electron chi connectivity index (χ2n) is 8.63. The minimum Gasteiger partial charge on any atom is -0.497 e. The summed E-state index contributed by atoms with van der Waals surface area (Å²) in [6.07, 6.45) is -1.05. The van der Waals surface area contributed by atoms with Gasteiger partial charge in [-0.25, -0.2) is 0 Å². The van der Waals surface area contributed by atoms with E-state index in [4.69, 9.17) is 18.9 Å². The number of benzene rings is 3. The summed E-state index contributed by atoms with van der Waals surface area (Å²) in [5.74, 6) is -0.346. The molecule has 6 heteroatoms. The average Bonchev–Trinajstić information content (AvgIpc) is 3.35.